The molecular formula is C16H16N2O2. The first-order valence-electron chi connectivity index (χ1n) is 6.54. The summed E-state index contributed by atoms with van der Waals surface area (Å²) in [5.41, 5.74) is 4.58. The molecule has 20 heavy (non-hydrogen) atoms. The summed E-state index contributed by atoms with van der Waals surface area (Å²) in [5, 5.41) is 3.10. The van der Waals surface area contributed by atoms with Crippen molar-refractivity contribution in [2.75, 3.05) is 12.4 Å². The molecule has 4 heteroatoms. The van der Waals surface area contributed by atoms with Crippen molar-refractivity contribution in [3.8, 4) is 0 Å². The minimum absolute atomic E-state index is 0.330. The van der Waals surface area contributed by atoms with E-state index in [0.717, 1.165) is 16.8 Å². The highest BCUT2D eigenvalue weighted by Crippen LogP contribution is 2.22. The molecule has 102 valence electrons. The summed E-state index contributed by atoms with van der Waals surface area (Å²) in [5.74, 6) is -0.330. The van der Waals surface area contributed by atoms with Gasteiger partial charge in [-0.05, 0) is 24.6 Å². The quantitative estimate of drug-likeness (QED) is 0.794. The van der Waals surface area contributed by atoms with Crippen molar-refractivity contribution < 1.29 is 4.42 Å². The molecule has 0 radical (unpaired) electrons. The lowest BCUT2D eigenvalue weighted by Gasteiger charge is -2.07. The van der Waals surface area contributed by atoms with Crippen LogP contribution in [0.2, 0.25) is 0 Å². The number of oxazole rings is 1. The molecule has 1 aromatic heterocycles. The van der Waals surface area contributed by atoms with Crippen molar-refractivity contribution in [3.05, 3.63) is 64.1 Å². The van der Waals surface area contributed by atoms with Crippen LogP contribution in [0.3, 0.4) is 0 Å². The fourth-order valence-corrected chi connectivity index (χ4v) is 2.34. The van der Waals surface area contributed by atoms with Gasteiger partial charge in [0.15, 0.2) is 5.58 Å². The van der Waals surface area contributed by atoms with Crippen LogP contribution in [0, 0.1) is 6.92 Å². The molecule has 0 unspecified atom stereocenters. The van der Waals surface area contributed by atoms with Crippen LogP contribution in [0.1, 0.15) is 11.1 Å². The van der Waals surface area contributed by atoms with E-state index < -0.39 is 0 Å². The van der Waals surface area contributed by atoms with Crippen molar-refractivity contribution in [2.45, 2.75) is 13.5 Å². The smallest absolute Gasteiger partial charge is 0.408 e. The van der Waals surface area contributed by atoms with Gasteiger partial charge < -0.3 is 9.73 Å². The van der Waals surface area contributed by atoms with Crippen molar-refractivity contribution in [1.29, 1.82) is 0 Å². The van der Waals surface area contributed by atoms with Gasteiger partial charge in [0.2, 0.25) is 0 Å². The zero-order valence-corrected chi connectivity index (χ0v) is 11.5. The molecule has 0 aliphatic carbocycles. The molecule has 1 N–H and O–H groups in total. The van der Waals surface area contributed by atoms with E-state index in [4.69, 9.17) is 4.42 Å². The summed E-state index contributed by atoms with van der Waals surface area (Å²) >= 11 is 0. The second kappa shape index (κ2) is 4.89. The number of rotatable bonds is 3. The summed E-state index contributed by atoms with van der Waals surface area (Å²) in [4.78, 5) is 12.0. The third-order valence-corrected chi connectivity index (χ3v) is 3.42. The van der Waals surface area contributed by atoms with Gasteiger partial charge in [-0.15, -0.1) is 0 Å². The molecule has 1 heterocycles. The topological polar surface area (TPSA) is 47.2 Å². The Kier molecular flexibility index (Phi) is 3.06. The van der Waals surface area contributed by atoms with Crippen LogP contribution in [0.5, 0.6) is 0 Å². The maximum absolute atomic E-state index is 12.0. The van der Waals surface area contributed by atoms with E-state index in [-0.39, 0.29) is 5.76 Å². The van der Waals surface area contributed by atoms with E-state index in [2.05, 4.69) is 5.32 Å². The maximum Gasteiger partial charge on any atom is 0.420 e. The number of aromatic nitrogens is 1. The first-order chi connectivity index (χ1) is 9.69. The average Bonchev–Trinajstić information content (AvgIpc) is 2.77. The fraction of sp³-hybridized carbons (Fsp3) is 0.188. The molecule has 0 saturated carbocycles. The molecule has 3 rings (SSSR count). The predicted octanol–water partition coefficient (Wildman–Crippen LogP) is 2.99. The standard InChI is InChI=1S/C16H16N2O2/c1-11-6-8-12(9-7-11)10-18-15-13(17-2)4-3-5-14(15)20-16(18)19/h3-9,17H,10H2,1-2H3. The van der Waals surface area contributed by atoms with Gasteiger partial charge in [-0.1, -0.05) is 35.9 Å². The summed E-state index contributed by atoms with van der Waals surface area (Å²) in [6.45, 7) is 2.55. The molecule has 3 aromatic rings. The van der Waals surface area contributed by atoms with E-state index in [9.17, 15) is 4.79 Å². The Morgan fingerprint density at radius 1 is 1.15 bits per heavy atom. The molecule has 0 saturated heterocycles. The number of anilines is 1. The van der Waals surface area contributed by atoms with E-state index in [1.54, 1.807) is 4.57 Å². The molecule has 0 spiro atoms. The Labute approximate surface area is 116 Å². The largest absolute Gasteiger partial charge is 0.420 e. The average molecular weight is 268 g/mol. The van der Waals surface area contributed by atoms with Crippen LogP contribution in [0.4, 0.5) is 5.69 Å². The highest BCUT2D eigenvalue weighted by molar-refractivity contribution is 5.87. The Morgan fingerprint density at radius 2 is 1.90 bits per heavy atom. The van der Waals surface area contributed by atoms with Crippen LogP contribution in [0.15, 0.2) is 51.7 Å². The SMILES string of the molecule is CNc1cccc2oc(=O)n(Cc3ccc(C)cc3)c12. The number of nitrogens with zero attached hydrogens (tertiary/aromatic N) is 1. The maximum atomic E-state index is 12.0. The third kappa shape index (κ3) is 2.09. The minimum atomic E-state index is -0.330. The third-order valence-electron chi connectivity index (χ3n) is 3.42. The van der Waals surface area contributed by atoms with Gasteiger partial charge in [0.25, 0.3) is 0 Å². The molecule has 0 fully saturated rings. The van der Waals surface area contributed by atoms with Crippen LogP contribution in [-0.4, -0.2) is 11.6 Å². The fourth-order valence-electron chi connectivity index (χ4n) is 2.34. The van der Waals surface area contributed by atoms with Gasteiger partial charge in [0.1, 0.15) is 5.52 Å². The van der Waals surface area contributed by atoms with Gasteiger partial charge in [0.05, 0.1) is 12.2 Å². The Hall–Kier alpha value is -2.49. The number of hydrogen-bond donors (Lipinski definition) is 1. The Morgan fingerprint density at radius 3 is 2.60 bits per heavy atom. The number of nitrogens with one attached hydrogen (secondary N) is 1. The van der Waals surface area contributed by atoms with E-state index in [1.165, 1.54) is 5.56 Å². The second-order valence-electron chi connectivity index (χ2n) is 4.84. The minimum Gasteiger partial charge on any atom is -0.408 e. The zero-order chi connectivity index (χ0) is 14.1. The number of benzene rings is 2. The van der Waals surface area contributed by atoms with Crippen molar-refractivity contribution in [2.24, 2.45) is 0 Å². The first kappa shape index (κ1) is 12.5. The molecule has 0 aliphatic heterocycles. The van der Waals surface area contributed by atoms with Crippen molar-refractivity contribution >= 4 is 16.8 Å². The molecule has 2 aromatic carbocycles. The number of aryl methyl sites for hydroxylation is 1. The van der Waals surface area contributed by atoms with Crippen LogP contribution < -0.4 is 11.1 Å². The highest BCUT2D eigenvalue weighted by Gasteiger charge is 2.12. The van der Waals surface area contributed by atoms with Gasteiger partial charge in [0, 0.05) is 7.05 Å². The lowest BCUT2D eigenvalue weighted by molar-refractivity contribution is 0.517. The molecule has 0 atom stereocenters. The zero-order valence-electron chi connectivity index (χ0n) is 11.5. The van der Waals surface area contributed by atoms with E-state index in [1.807, 2.05) is 56.4 Å². The summed E-state index contributed by atoms with van der Waals surface area (Å²) in [6, 6.07) is 13.8. The van der Waals surface area contributed by atoms with Crippen molar-refractivity contribution in [3.63, 3.8) is 0 Å². The van der Waals surface area contributed by atoms with Crippen LogP contribution in [0.25, 0.3) is 11.1 Å². The van der Waals surface area contributed by atoms with Gasteiger partial charge >= 0.3 is 5.76 Å². The van der Waals surface area contributed by atoms with Crippen LogP contribution >= 0.6 is 0 Å². The van der Waals surface area contributed by atoms with E-state index >= 15 is 0 Å². The normalized spacial score (nSPS) is 10.9. The predicted molar refractivity (Wildman–Crippen MR) is 80.3 cm³/mol. The monoisotopic (exact) mass is 268 g/mol. The first-order valence-corrected chi connectivity index (χ1v) is 6.54. The number of para-hydroxylation sites is 1. The van der Waals surface area contributed by atoms with Gasteiger partial charge in [-0.25, -0.2) is 4.79 Å². The molecular weight excluding hydrogens is 252 g/mol. The lowest BCUT2D eigenvalue weighted by atomic mass is 10.1. The summed E-state index contributed by atoms with van der Waals surface area (Å²) < 4.78 is 6.96. The van der Waals surface area contributed by atoms with Crippen LogP contribution in [-0.2, 0) is 6.54 Å². The molecule has 0 bridgehead atoms. The van der Waals surface area contributed by atoms with Crippen molar-refractivity contribution in [1.82, 2.24) is 4.57 Å². The molecule has 4 nitrogen and oxygen atoms in total. The number of hydrogen-bond acceptors (Lipinski definition) is 3. The van der Waals surface area contributed by atoms with Gasteiger partial charge in [-0.2, -0.15) is 0 Å². The molecule has 0 amide bonds. The molecule has 0 aliphatic rings. The number of fused-ring (bicyclic) bond motifs is 1. The van der Waals surface area contributed by atoms with E-state index in [0.29, 0.717) is 12.1 Å². The summed E-state index contributed by atoms with van der Waals surface area (Å²) in [6.07, 6.45) is 0. The summed E-state index contributed by atoms with van der Waals surface area (Å²) in [7, 11) is 1.84. The second-order valence-corrected chi connectivity index (χ2v) is 4.84. The van der Waals surface area contributed by atoms with Gasteiger partial charge in [-0.3, -0.25) is 4.57 Å². The lowest BCUT2D eigenvalue weighted by Crippen LogP contribution is -2.15. The Balaban J connectivity index is 2.13. The Bertz CT molecular complexity index is 797. The highest BCUT2D eigenvalue weighted by atomic mass is 16.4.